The molecule has 0 bridgehead atoms. The van der Waals surface area contributed by atoms with Crippen molar-refractivity contribution in [2.75, 3.05) is 0 Å². The van der Waals surface area contributed by atoms with Crippen LogP contribution in [0, 0.1) is 17.8 Å². The Hall–Kier alpha value is -2.51. The summed E-state index contributed by atoms with van der Waals surface area (Å²) in [7, 11) is -1.70. The first-order chi connectivity index (χ1) is 22.5. The highest BCUT2D eigenvalue weighted by Gasteiger charge is 2.21. The highest BCUT2D eigenvalue weighted by atomic mass is 31.2. The molecular formula is C42H63O3P. The molecule has 254 valence electrons. The predicted octanol–water partition coefficient (Wildman–Crippen LogP) is 13.7. The lowest BCUT2D eigenvalue weighted by Gasteiger charge is -2.20. The normalized spacial score (nSPS) is 14.0. The van der Waals surface area contributed by atoms with Gasteiger partial charge in [0.05, 0.1) is 0 Å². The molecule has 0 radical (unpaired) electrons. The zero-order chi connectivity index (χ0) is 33.0. The molecule has 3 atom stereocenters. The summed E-state index contributed by atoms with van der Waals surface area (Å²) in [5, 5.41) is 0. The van der Waals surface area contributed by atoms with Crippen LogP contribution in [0.3, 0.4) is 0 Å². The zero-order valence-electron chi connectivity index (χ0n) is 29.9. The molecule has 0 aliphatic rings. The summed E-state index contributed by atoms with van der Waals surface area (Å²) in [6, 6.07) is 25.6. The van der Waals surface area contributed by atoms with E-state index in [1.807, 2.05) is 0 Å². The van der Waals surface area contributed by atoms with Gasteiger partial charge in [-0.1, -0.05) is 155 Å². The van der Waals surface area contributed by atoms with Crippen LogP contribution < -0.4 is 13.6 Å². The Morgan fingerprint density at radius 1 is 0.413 bits per heavy atom. The van der Waals surface area contributed by atoms with Crippen LogP contribution in [0.25, 0.3) is 0 Å². The first-order valence-electron chi connectivity index (χ1n) is 18.6. The van der Waals surface area contributed by atoms with Gasteiger partial charge in [0, 0.05) is 0 Å². The molecule has 3 rings (SSSR count). The van der Waals surface area contributed by atoms with E-state index < -0.39 is 8.60 Å². The first kappa shape index (κ1) is 37.9. The van der Waals surface area contributed by atoms with Gasteiger partial charge in [-0.05, 0) is 90.1 Å². The van der Waals surface area contributed by atoms with Crippen LogP contribution in [0.15, 0.2) is 72.8 Å². The highest BCUT2D eigenvalue weighted by molar-refractivity contribution is 7.43. The van der Waals surface area contributed by atoms with Crippen molar-refractivity contribution in [1.82, 2.24) is 0 Å². The van der Waals surface area contributed by atoms with Crippen molar-refractivity contribution in [3.05, 3.63) is 89.5 Å². The predicted molar refractivity (Wildman–Crippen MR) is 199 cm³/mol. The van der Waals surface area contributed by atoms with Crippen molar-refractivity contribution in [3.63, 3.8) is 0 Å². The molecule has 3 aromatic rings. The fourth-order valence-electron chi connectivity index (χ4n) is 6.20. The number of unbranched alkanes of at least 4 members (excludes halogenated alkanes) is 3. The molecule has 0 fully saturated rings. The Morgan fingerprint density at radius 2 is 0.674 bits per heavy atom. The molecule has 0 aliphatic carbocycles. The van der Waals surface area contributed by atoms with E-state index in [1.54, 1.807) is 0 Å². The van der Waals surface area contributed by atoms with Crippen LogP contribution in [-0.4, -0.2) is 0 Å². The number of rotatable bonds is 24. The van der Waals surface area contributed by atoms with Crippen molar-refractivity contribution in [2.24, 2.45) is 17.8 Å². The van der Waals surface area contributed by atoms with E-state index in [0.29, 0.717) is 0 Å². The molecule has 4 heteroatoms. The summed E-state index contributed by atoms with van der Waals surface area (Å²) in [5.74, 6) is 4.52. The maximum atomic E-state index is 6.41. The van der Waals surface area contributed by atoms with Gasteiger partial charge in [0.25, 0.3) is 0 Å². The summed E-state index contributed by atoms with van der Waals surface area (Å²) >= 11 is 0. The third-order valence-electron chi connectivity index (χ3n) is 9.51. The summed E-state index contributed by atoms with van der Waals surface area (Å²) in [6.07, 6.45) is 18.6. The van der Waals surface area contributed by atoms with E-state index in [2.05, 4.69) is 114 Å². The molecule has 3 unspecified atom stereocenters. The Labute approximate surface area is 283 Å². The third-order valence-corrected chi connectivity index (χ3v) is 10.6. The van der Waals surface area contributed by atoms with E-state index in [1.165, 1.54) is 93.7 Å². The van der Waals surface area contributed by atoms with Gasteiger partial charge in [-0.25, -0.2) is 0 Å². The quantitative estimate of drug-likeness (QED) is 0.0907. The molecule has 46 heavy (non-hydrogen) atoms. The topological polar surface area (TPSA) is 27.7 Å². The SMILES string of the molecule is CCCCC(CC)Cc1ccc(OP(Oc2ccc(CC(CC)CCCC)cc2)Oc2ccc(CC(CC)CCCC)cc2)cc1. The molecule has 0 aromatic heterocycles. The van der Waals surface area contributed by atoms with E-state index in [9.17, 15) is 0 Å². The maximum Gasteiger partial charge on any atom is 0.530 e. The van der Waals surface area contributed by atoms with Crippen LogP contribution >= 0.6 is 8.60 Å². The molecular weight excluding hydrogens is 583 g/mol. The number of hydrogen-bond donors (Lipinski definition) is 0. The summed E-state index contributed by atoms with van der Waals surface area (Å²) < 4.78 is 19.2. The highest BCUT2D eigenvalue weighted by Crippen LogP contribution is 2.42. The maximum absolute atomic E-state index is 6.41. The Kier molecular flexibility index (Phi) is 18.3. The molecule has 0 spiro atoms. The van der Waals surface area contributed by atoms with Crippen molar-refractivity contribution in [2.45, 2.75) is 138 Å². The average Bonchev–Trinajstić information content (AvgIpc) is 3.09. The van der Waals surface area contributed by atoms with Crippen LogP contribution in [-0.2, 0) is 19.3 Å². The van der Waals surface area contributed by atoms with Gasteiger partial charge in [0.2, 0.25) is 0 Å². The van der Waals surface area contributed by atoms with Gasteiger partial charge in [-0.15, -0.1) is 0 Å². The Morgan fingerprint density at radius 3 is 0.891 bits per heavy atom. The molecule has 0 saturated heterocycles. The Balaban J connectivity index is 1.71. The van der Waals surface area contributed by atoms with Crippen LogP contribution in [0.5, 0.6) is 17.2 Å². The van der Waals surface area contributed by atoms with Crippen molar-refractivity contribution >= 4 is 8.60 Å². The average molecular weight is 647 g/mol. The van der Waals surface area contributed by atoms with E-state index in [-0.39, 0.29) is 0 Å². The minimum atomic E-state index is -1.70. The smallest absolute Gasteiger partial charge is 0.409 e. The lowest BCUT2D eigenvalue weighted by atomic mass is 9.92. The van der Waals surface area contributed by atoms with Gasteiger partial charge in [-0.2, -0.15) is 0 Å². The van der Waals surface area contributed by atoms with Crippen LogP contribution in [0.1, 0.15) is 135 Å². The standard InChI is InChI=1S/C42H63O3P/c1-7-13-16-34(10-4)31-37-19-25-40(26-20-37)43-46(44-41-27-21-38(22-28-41)32-35(11-5)17-14-8-2)45-42-29-23-39(24-30-42)33-36(12-6)18-15-9-3/h19-30,34-36H,7-18,31-33H2,1-6H3. The van der Waals surface area contributed by atoms with Gasteiger partial charge in [0.15, 0.2) is 0 Å². The summed E-state index contributed by atoms with van der Waals surface area (Å²) in [6.45, 7) is 13.7. The molecule has 0 amide bonds. The molecule has 0 aliphatic heterocycles. The second-order valence-electron chi connectivity index (χ2n) is 13.3. The monoisotopic (exact) mass is 646 g/mol. The van der Waals surface area contributed by atoms with E-state index in [4.69, 9.17) is 13.6 Å². The van der Waals surface area contributed by atoms with Gasteiger partial charge in [0.1, 0.15) is 17.2 Å². The lowest BCUT2D eigenvalue weighted by molar-refractivity contribution is 0.387. The first-order valence-corrected chi connectivity index (χ1v) is 19.7. The molecule has 0 saturated carbocycles. The minimum Gasteiger partial charge on any atom is -0.409 e. The zero-order valence-corrected chi connectivity index (χ0v) is 30.8. The number of benzene rings is 3. The fraction of sp³-hybridized carbons (Fsp3) is 0.571. The van der Waals surface area contributed by atoms with E-state index >= 15 is 0 Å². The van der Waals surface area contributed by atoms with Gasteiger partial charge >= 0.3 is 8.60 Å². The minimum absolute atomic E-state index is 0.736. The lowest BCUT2D eigenvalue weighted by Crippen LogP contribution is -2.05. The van der Waals surface area contributed by atoms with Crippen molar-refractivity contribution in [3.8, 4) is 17.2 Å². The van der Waals surface area contributed by atoms with Gasteiger partial charge in [-0.3, -0.25) is 0 Å². The van der Waals surface area contributed by atoms with Crippen LogP contribution in [0.2, 0.25) is 0 Å². The summed E-state index contributed by atoms with van der Waals surface area (Å²) in [5.41, 5.74) is 4.09. The third kappa shape index (κ3) is 14.1. The summed E-state index contributed by atoms with van der Waals surface area (Å²) in [4.78, 5) is 0. The largest absolute Gasteiger partial charge is 0.530 e. The molecule has 3 aromatic carbocycles. The molecule has 0 heterocycles. The van der Waals surface area contributed by atoms with Crippen molar-refractivity contribution in [1.29, 1.82) is 0 Å². The van der Waals surface area contributed by atoms with E-state index in [0.717, 1.165) is 54.3 Å². The second kappa shape index (κ2) is 22.1. The molecule has 0 N–H and O–H groups in total. The van der Waals surface area contributed by atoms with Crippen molar-refractivity contribution < 1.29 is 13.6 Å². The second-order valence-corrected chi connectivity index (χ2v) is 14.3. The van der Waals surface area contributed by atoms with Crippen LogP contribution in [0.4, 0.5) is 0 Å². The molecule has 3 nitrogen and oxygen atoms in total. The Bertz CT molecular complexity index is 1020. The number of hydrogen-bond acceptors (Lipinski definition) is 3. The van der Waals surface area contributed by atoms with Gasteiger partial charge < -0.3 is 13.6 Å². The fourth-order valence-corrected chi connectivity index (χ4v) is 7.20.